The van der Waals surface area contributed by atoms with Crippen molar-refractivity contribution in [1.29, 1.82) is 0 Å². The zero-order valence-electron chi connectivity index (χ0n) is 23.9. The number of carbonyl (C=O) groups excluding carboxylic acids is 2. The van der Waals surface area contributed by atoms with Crippen LogP contribution in [0.1, 0.15) is 119 Å². The molecule has 206 valence electrons. The molecule has 2 bridgehead atoms. The van der Waals surface area contributed by atoms with Gasteiger partial charge in [-0.1, -0.05) is 73.1 Å². The van der Waals surface area contributed by atoms with Crippen molar-refractivity contribution >= 4 is 18.8 Å². The third kappa shape index (κ3) is 6.74. The highest BCUT2D eigenvalue weighted by Gasteiger charge is 2.68. The van der Waals surface area contributed by atoms with Crippen LogP contribution in [-0.2, 0) is 18.9 Å². The number of amides is 1. The Labute approximate surface area is 220 Å². The summed E-state index contributed by atoms with van der Waals surface area (Å²) in [7, 11) is -0.455. The first kappa shape index (κ1) is 29.6. The minimum Gasteiger partial charge on any atom is -0.404 e. The van der Waals surface area contributed by atoms with E-state index in [0.29, 0.717) is 24.2 Å². The number of hydrogen-bond donors (Lipinski definition) is 2. The molecule has 3 aliphatic carbocycles. The predicted molar refractivity (Wildman–Crippen MR) is 146 cm³/mol. The van der Waals surface area contributed by atoms with Crippen LogP contribution in [0, 0.1) is 29.1 Å². The fraction of sp³-hybridized carbons (Fsp3) is 0.931. The van der Waals surface area contributed by atoms with Crippen molar-refractivity contribution < 1.29 is 18.9 Å². The average molecular weight is 505 g/mol. The summed E-state index contributed by atoms with van der Waals surface area (Å²) in [5.74, 6) is 0.796. The molecule has 0 aromatic carbocycles. The molecule has 7 heteroatoms. The summed E-state index contributed by atoms with van der Waals surface area (Å²) in [4.78, 5) is 25.9. The van der Waals surface area contributed by atoms with Crippen molar-refractivity contribution in [3.05, 3.63) is 0 Å². The van der Waals surface area contributed by atoms with Gasteiger partial charge in [-0.05, 0) is 55.8 Å². The third-order valence-corrected chi connectivity index (χ3v) is 9.54. The van der Waals surface area contributed by atoms with E-state index in [4.69, 9.17) is 15.0 Å². The third-order valence-electron chi connectivity index (χ3n) is 9.54. The van der Waals surface area contributed by atoms with Gasteiger partial charge in [0.1, 0.15) is 5.78 Å². The van der Waals surface area contributed by atoms with E-state index in [1.54, 1.807) is 0 Å². The predicted octanol–water partition coefficient (Wildman–Crippen LogP) is 5.46. The van der Waals surface area contributed by atoms with Gasteiger partial charge in [-0.25, -0.2) is 0 Å². The van der Waals surface area contributed by atoms with Crippen LogP contribution < -0.4 is 11.1 Å². The van der Waals surface area contributed by atoms with Gasteiger partial charge in [-0.2, -0.15) is 0 Å². The molecule has 1 aliphatic heterocycles. The molecule has 0 spiro atoms. The average Bonchev–Trinajstić information content (AvgIpc) is 3.18. The Kier molecular flexibility index (Phi) is 10.5. The monoisotopic (exact) mass is 504 g/mol. The van der Waals surface area contributed by atoms with Gasteiger partial charge in [-0.15, -0.1) is 0 Å². The summed E-state index contributed by atoms with van der Waals surface area (Å²) in [5.41, 5.74) is 5.95. The van der Waals surface area contributed by atoms with Crippen LogP contribution in [0.4, 0.5) is 0 Å². The first-order valence-electron chi connectivity index (χ1n) is 14.9. The Morgan fingerprint density at radius 2 is 1.72 bits per heavy atom. The Bertz CT molecular complexity index is 745. The lowest BCUT2D eigenvalue weighted by Crippen LogP contribution is -2.65. The van der Waals surface area contributed by atoms with E-state index in [2.05, 4.69) is 46.9 Å². The number of nitrogens with two attached hydrogens (primary N) is 1. The molecule has 0 aromatic rings. The molecular formula is C29H53BN2O4. The lowest BCUT2D eigenvalue weighted by Gasteiger charge is -2.64. The highest BCUT2D eigenvalue weighted by Crippen LogP contribution is 2.65. The molecule has 36 heavy (non-hydrogen) atoms. The van der Waals surface area contributed by atoms with E-state index in [1.165, 1.54) is 38.5 Å². The molecule has 0 aromatic heterocycles. The van der Waals surface area contributed by atoms with Crippen LogP contribution >= 0.6 is 0 Å². The Morgan fingerprint density at radius 1 is 1.06 bits per heavy atom. The number of Topliss-reactive ketones (excluding diaryl/α,β-unsaturated/α-hetero) is 1. The zero-order chi connectivity index (χ0) is 26.5. The van der Waals surface area contributed by atoms with E-state index in [1.807, 2.05) is 0 Å². The Balaban J connectivity index is 1.51. The van der Waals surface area contributed by atoms with E-state index in [-0.39, 0.29) is 47.7 Å². The maximum Gasteiger partial charge on any atom is 0.481 e. The van der Waals surface area contributed by atoms with E-state index in [0.717, 1.165) is 25.7 Å². The van der Waals surface area contributed by atoms with Crippen LogP contribution in [0.2, 0.25) is 0 Å². The van der Waals surface area contributed by atoms with Gasteiger partial charge in [0.2, 0.25) is 5.91 Å². The molecule has 0 unspecified atom stereocenters. The van der Waals surface area contributed by atoms with Crippen LogP contribution in [0.25, 0.3) is 0 Å². The molecule has 1 saturated heterocycles. The molecule has 6 nitrogen and oxygen atoms in total. The van der Waals surface area contributed by atoms with Gasteiger partial charge in [0.25, 0.3) is 0 Å². The van der Waals surface area contributed by atoms with Crippen LogP contribution in [0.5, 0.6) is 0 Å². The summed E-state index contributed by atoms with van der Waals surface area (Å²) < 4.78 is 13.1. The number of unbranched alkanes of at least 4 members (excludes halogenated alkanes) is 6. The van der Waals surface area contributed by atoms with Crippen LogP contribution in [-0.4, -0.2) is 43.0 Å². The largest absolute Gasteiger partial charge is 0.481 e. The molecular weight excluding hydrogens is 451 g/mol. The summed E-state index contributed by atoms with van der Waals surface area (Å²) in [6.07, 6.45) is 12.1. The molecule has 1 amide bonds. The van der Waals surface area contributed by atoms with Crippen molar-refractivity contribution in [1.82, 2.24) is 5.32 Å². The smallest absolute Gasteiger partial charge is 0.404 e. The van der Waals surface area contributed by atoms with Gasteiger partial charge in [0.15, 0.2) is 0 Å². The summed E-state index contributed by atoms with van der Waals surface area (Å²) in [6, 6.07) is 0. The quantitative estimate of drug-likeness (QED) is 0.215. The normalized spacial score (nSPS) is 30.0. The van der Waals surface area contributed by atoms with Crippen molar-refractivity contribution in [3.8, 4) is 0 Å². The fourth-order valence-electron chi connectivity index (χ4n) is 7.06. The number of carbonyl (C=O) groups is 2. The molecule has 4 rings (SSSR count). The molecule has 1 heterocycles. The lowest BCUT2D eigenvalue weighted by atomic mass is 9.43. The maximum absolute atomic E-state index is 13.3. The van der Waals surface area contributed by atoms with Crippen molar-refractivity contribution in [2.45, 2.75) is 136 Å². The minimum atomic E-state index is -0.497. The van der Waals surface area contributed by atoms with Crippen molar-refractivity contribution in [3.63, 3.8) is 0 Å². The standard InChI is InChI=1S/C29H53BN2O4/c1-7-8-9-10-11-12-13-14-23(33)16-21(19-31)27(34)32-26(15-20(2)3)30-35-25-18-22-17-24(28(22,4)5)29(25,6)36-30/h20-22,24-26H,7-19,31H2,1-6H3,(H,32,34)/t21-,22+,24+,25+,26-,29-/m0/s1. The zero-order valence-corrected chi connectivity index (χ0v) is 23.9. The summed E-state index contributed by atoms with van der Waals surface area (Å²) in [6.45, 7) is 13.6. The second-order valence-corrected chi connectivity index (χ2v) is 13.1. The molecule has 3 saturated carbocycles. The Hall–Kier alpha value is -0.915. The maximum atomic E-state index is 13.3. The SMILES string of the molecule is CCCCCCCCCC(=O)C[C@@H](CN)C(=O)N[C@@H](CC(C)C)B1O[C@@H]2C[C@H]3C[C@H](C3(C)C)[C@]2(C)O1. The molecule has 6 atom stereocenters. The topological polar surface area (TPSA) is 90.7 Å². The van der Waals surface area contributed by atoms with Gasteiger partial charge >= 0.3 is 7.12 Å². The van der Waals surface area contributed by atoms with Crippen LogP contribution in [0.3, 0.4) is 0 Å². The first-order chi connectivity index (χ1) is 17.0. The summed E-state index contributed by atoms with van der Waals surface area (Å²) in [5, 5.41) is 3.20. The van der Waals surface area contributed by atoms with Gasteiger partial charge in [0.05, 0.1) is 23.6 Å². The molecule has 4 aliphatic rings. The lowest BCUT2D eigenvalue weighted by molar-refractivity contribution is -0.199. The van der Waals surface area contributed by atoms with Gasteiger partial charge in [0, 0.05) is 19.4 Å². The summed E-state index contributed by atoms with van der Waals surface area (Å²) >= 11 is 0. The minimum absolute atomic E-state index is 0.0831. The number of rotatable bonds is 16. The van der Waals surface area contributed by atoms with Gasteiger partial charge in [-0.3, -0.25) is 9.59 Å². The molecule has 4 fully saturated rings. The highest BCUT2D eigenvalue weighted by atomic mass is 16.7. The van der Waals surface area contributed by atoms with Gasteiger partial charge < -0.3 is 20.4 Å². The number of ketones is 1. The highest BCUT2D eigenvalue weighted by molar-refractivity contribution is 6.47. The van der Waals surface area contributed by atoms with Crippen LogP contribution in [0.15, 0.2) is 0 Å². The second kappa shape index (κ2) is 12.8. The molecule has 0 radical (unpaired) electrons. The first-order valence-corrected chi connectivity index (χ1v) is 14.9. The van der Waals surface area contributed by atoms with Crippen molar-refractivity contribution in [2.75, 3.05) is 6.54 Å². The second-order valence-electron chi connectivity index (χ2n) is 13.1. The number of hydrogen-bond acceptors (Lipinski definition) is 5. The van der Waals surface area contributed by atoms with E-state index >= 15 is 0 Å². The molecule has 3 N–H and O–H groups in total. The Morgan fingerprint density at radius 3 is 2.33 bits per heavy atom. The van der Waals surface area contributed by atoms with Crippen molar-refractivity contribution in [2.24, 2.45) is 34.8 Å². The number of nitrogens with one attached hydrogen (secondary N) is 1. The fourth-order valence-corrected chi connectivity index (χ4v) is 7.06. The van der Waals surface area contributed by atoms with E-state index < -0.39 is 13.0 Å². The van der Waals surface area contributed by atoms with E-state index in [9.17, 15) is 9.59 Å².